The van der Waals surface area contributed by atoms with Crippen molar-refractivity contribution in [3.63, 3.8) is 0 Å². The Hall–Kier alpha value is -3.82. The third kappa shape index (κ3) is 5.69. The van der Waals surface area contributed by atoms with Gasteiger partial charge in [-0.1, -0.05) is 30.0 Å². The van der Waals surface area contributed by atoms with Crippen molar-refractivity contribution in [2.45, 2.75) is 6.18 Å². The van der Waals surface area contributed by atoms with Crippen LogP contribution in [0, 0.1) is 20.2 Å². The first-order chi connectivity index (χ1) is 17.8. The van der Waals surface area contributed by atoms with Crippen LogP contribution in [0.25, 0.3) is 6.08 Å². The number of thiocarbonyl (C=S) groups is 1. The van der Waals surface area contributed by atoms with Gasteiger partial charge in [-0.25, -0.2) is 0 Å². The molecule has 3 aromatic rings. The van der Waals surface area contributed by atoms with Crippen LogP contribution in [0.1, 0.15) is 11.1 Å². The summed E-state index contributed by atoms with van der Waals surface area (Å²) in [4.78, 5) is 35.1. The summed E-state index contributed by atoms with van der Waals surface area (Å²) in [6.45, 7) is 0. The third-order valence-corrected chi connectivity index (χ3v) is 6.99. The van der Waals surface area contributed by atoms with Crippen LogP contribution in [-0.2, 0) is 11.0 Å². The van der Waals surface area contributed by atoms with Crippen molar-refractivity contribution in [2.75, 3.05) is 4.90 Å². The summed E-state index contributed by atoms with van der Waals surface area (Å²) >= 11 is 9.59. The lowest BCUT2D eigenvalue weighted by atomic mass is 10.1. The minimum atomic E-state index is -4.76. The maximum atomic E-state index is 13.0. The van der Waals surface area contributed by atoms with E-state index in [1.807, 2.05) is 0 Å². The van der Waals surface area contributed by atoms with Crippen molar-refractivity contribution in [2.24, 2.45) is 0 Å². The number of thioether (sulfide) groups is 1. The predicted octanol–water partition coefficient (Wildman–Crippen LogP) is 7.48. The van der Waals surface area contributed by atoms with Gasteiger partial charge in [0.2, 0.25) is 5.75 Å². The molecule has 0 atom stereocenters. The summed E-state index contributed by atoms with van der Waals surface area (Å²) in [5.41, 5.74) is -1.29. The lowest BCUT2D eigenvalue weighted by Gasteiger charge is -2.14. The zero-order valence-corrected chi connectivity index (χ0v) is 21.7. The summed E-state index contributed by atoms with van der Waals surface area (Å²) in [6, 6.07) is 11.8. The molecule has 0 N–H and O–H groups in total. The van der Waals surface area contributed by atoms with Gasteiger partial charge in [-0.3, -0.25) is 29.9 Å². The van der Waals surface area contributed by atoms with Crippen molar-refractivity contribution in [3.8, 4) is 11.5 Å². The Kier molecular flexibility index (Phi) is 7.53. The Balaban J connectivity index is 1.57. The fraction of sp³-hybridized carbons (Fsp3) is 0.0435. The molecule has 0 bridgehead atoms. The number of carbonyl (C=O) groups is 1. The van der Waals surface area contributed by atoms with E-state index in [-0.39, 0.29) is 26.4 Å². The highest BCUT2D eigenvalue weighted by Crippen LogP contribution is 2.41. The number of hydrogen-bond donors (Lipinski definition) is 0. The van der Waals surface area contributed by atoms with E-state index >= 15 is 0 Å². The summed E-state index contributed by atoms with van der Waals surface area (Å²) in [5, 5.41) is 22.2. The van der Waals surface area contributed by atoms with E-state index in [0.29, 0.717) is 27.9 Å². The molecule has 194 valence electrons. The molecule has 0 radical (unpaired) electrons. The van der Waals surface area contributed by atoms with E-state index in [2.05, 4.69) is 15.9 Å². The van der Waals surface area contributed by atoms with Crippen LogP contribution in [-0.4, -0.2) is 20.1 Å². The number of nitro benzene ring substituents is 2. The highest BCUT2D eigenvalue weighted by atomic mass is 79.9. The lowest BCUT2D eigenvalue weighted by molar-refractivity contribution is -0.385. The molecular formula is C23H11BrF3N3O6S2. The average Bonchev–Trinajstić information content (AvgIpc) is 3.12. The molecule has 9 nitrogen and oxygen atoms in total. The number of non-ortho nitro benzene ring substituents is 1. The fourth-order valence-corrected chi connectivity index (χ4v) is 5.07. The van der Waals surface area contributed by atoms with Gasteiger partial charge >= 0.3 is 11.9 Å². The van der Waals surface area contributed by atoms with E-state index in [1.165, 1.54) is 41.3 Å². The molecule has 3 aromatic carbocycles. The number of ether oxygens (including phenoxy) is 1. The van der Waals surface area contributed by atoms with Crippen molar-refractivity contribution in [3.05, 3.63) is 101 Å². The Bertz CT molecular complexity index is 1530. The van der Waals surface area contributed by atoms with Gasteiger partial charge in [0.05, 0.1) is 30.5 Å². The van der Waals surface area contributed by atoms with Gasteiger partial charge in [-0.15, -0.1) is 0 Å². The highest BCUT2D eigenvalue weighted by molar-refractivity contribution is 9.10. The number of carbonyl (C=O) groups excluding carboxylic acids is 1. The average molecular weight is 626 g/mol. The van der Waals surface area contributed by atoms with Gasteiger partial charge in [0.15, 0.2) is 4.32 Å². The number of halogens is 4. The summed E-state index contributed by atoms with van der Waals surface area (Å²) < 4.78 is 44.9. The zero-order chi connectivity index (χ0) is 27.8. The number of amides is 1. The van der Waals surface area contributed by atoms with Crippen LogP contribution in [0.2, 0.25) is 0 Å². The first-order valence-corrected chi connectivity index (χ1v) is 12.2. The first kappa shape index (κ1) is 27.2. The summed E-state index contributed by atoms with van der Waals surface area (Å²) in [7, 11) is 0. The van der Waals surface area contributed by atoms with Crippen LogP contribution in [0.15, 0.2) is 70.0 Å². The second-order valence-electron chi connectivity index (χ2n) is 7.52. The SMILES string of the molecule is O=C1/C(=C/c2ccc(Oc3ccc(C(F)(F)F)cc3[N+](=O)[O-])c(Br)c2)SC(=S)N1c1ccc([N+](=O)[O-])cc1. The minimum Gasteiger partial charge on any atom is -0.449 e. The fourth-order valence-electron chi connectivity index (χ4n) is 3.30. The van der Waals surface area contributed by atoms with E-state index in [0.717, 1.165) is 17.8 Å². The van der Waals surface area contributed by atoms with Crippen molar-refractivity contribution in [1.29, 1.82) is 0 Å². The second kappa shape index (κ2) is 10.5. The topological polar surface area (TPSA) is 116 Å². The van der Waals surface area contributed by atoms with Gasteiger partial charge in [0.25, 0.3) is 11.6 Å². The summed E-state index contributed by atoms with van der Waals surface area (Å²) in [6.07, 6.45) is -3.22. The minimum absolute atomic E-state index is 0.0865. The molecule has 1 heterocycles. The number of nitrogens with zero attached hydrogens (tertiary/aromatic N) is 3. The molecule has 0 aliphatic carbocycles. The van der Waals surface area contributed by atoms with Gasteiger partial charge < -0.3 is 4.74 Å². The lowest BCUT2D eigenvalue weighted by Crippen LogP contribution is -2.27. The number of nitro groups is 2. The van der Waals surface area contributed by atoms with E-state index in [1.54, 1.807) is 12.1 Å². The van der Waals surface area contributed by atoms with E-state index in [4.69, 9.17) is 17.0 Å². The number of alkyl halides is 3. The monoisotopic (exact) mass is 625 g/mol. The molecule has 1 aliphatic rings. The van der Waals surface area contributed by atoms with E-state index < -0.39 is 33.2 Å². The van der Waals surface area contributed by atoms with Crippen LogP contribution < -0.4 is 9.64 Å². The Labute approximate surface area is 229 Å². The van der Waals surface area contributed by atoms with Gasteiger partial charge in [0, 0.05) is 18.2 Å². The molecule has 15 heteroatoms. The highest BCUT2D eigenvalue weighted by Gasteiger charge is 2.34. The molecule has 1 fully saturated rings. The number of anilines is 1. The van der Waals surface area contributed by atoms with E-state index in [9.17, 15) is 38.2 Å². The van der Waals surface area contributed by atoms with Crippen LogP contribution >= 0.6 is 39.9 Å². The molecule has 0 aromatic heterocycles. The molecule has 0 saturated carbocycles. The largest absolute Gasteiger partial charge is 0.449 e. The molecule has 4 rings (SSSR count). The van der Waals surface area contributed by atoms with Crippen molar-refractivity contribution >= 4 is 73.3 Å². The van der Waals surface area contributed by atoms with Gasteiger partial charge in [-0.05, 0) is 64.0 Å². The molecule has 1 amide bonds. The predicted molar refractivity (Wildman–Crippen MR) is 141 cm³/mol. The number of rotatable bonds is 6. The maximum Gasteiger partial charge on any atom is 0.416 e. The first-order valence-electron chi connectivity index (χ1n) is 10.2. The molecular weight excluding hydrogens is 615 g/mol. The Morgan fingerprint density at radius 3 is 2.21 bits per heavy atom. The van der Waals surface area contributed by atoms with Gasteiger partial charge in [-0.2, -0.15) is 13.2 Å². The quantitative estimate of drug-likeness (QED) is 0.120. The Morgan fingerprint density at radius 2 is 1.63 bits per heavy atom. The van der Waals surface area contributed by atoms with Crippen LogP contribution in [0.3, 0.4) is 0 Å². The van der Waals surface area contributed by atoms with Crippen LogP contribution in [0.5, 0.6) is 11.5 Å². The zero-order valence-electron chi connectivity index (χ0n) is 18.5. The number of benzene rings is 3. The second-order valence-corrected chi connectivity index (χ2v) is 10.1. The third-order valence-electron chi connectivity index (χ3n) is 5.07. The van der Waals surface area contributed by atoms with Crippen molar-refractivity contribution < 1.29 is 32.5 Å². The standard InChI is InChI=1S/C23H11BrF3N3O6S2/c24-16-9-12(1-7-18(16)36-19-8-2-13(23(25,26)27)11-17(19)30(34)35)10-20-21(31)28(22(37)38-20)14-3-5-15(6-4-14)29(32)33/h1-11H/b20-10-. The smallest absolute Gasteiger partial charge is 0.416 e. The molecule has 1 saturated heterocycles. The maximum absolute atomic E-state index is 13.0. The van der Waals surface area contributed by atoms with Crippen molar-refractivity contribution in [1.82, 2.24) is 0 Å². The molecule has 38 heavy (non-hydrogen) atoms. The molecule has 1 aliphatic heterocycles. The molecule has 0 unspecified atom stereocenters. The summed E-state index contributed by atoms with van der Waals surface area (Å²) in [5.74, 6) is -0.741. The number of hydrogen-bond acceptors (Lipinski definition) is 8. The Morgan fingerprint density at radius 1 is 0.974 bits per heavy atom. The van der Waals surface area contributed by atoms with Crippen LogP contribution in [0.4, 0.5) is 30.2 Å². The molecule has 0 spiro atoms. The van der Waals surface area contributed by atoms with Gasteiger partial charge in [0.1, 0.15) is 5.75 Å². The normalized spacial score (nSPS) is 14.7.